The van der Waals surface area contributed by atoms with Gasteiger partial charge >= 0.3 is 0 Å². The number of likely N-dealkylation sites (N-methyl/N-ethyl adjacent to an activating group) is 1. The molecule has 0 spiro atoms. The third-order valence-corrected chi connectivity index (χ3v) is 6.44. The number of fused-ring (bicyclic) bond motifs is 1. The lowest BCUT2D eigenvalue weighted by Gasteiger charge is -2.17. The molecule has 1 amide bonds. The highest BCUT2D eigenvalue weighted by molar-refractivity contribution is 6.32. The molecule has 0 aliphatic heterocycles. The zero-order chi connectivity index (χ0) is 29.5. The van der Waals surface area contributed by atoms with Crippen molar-refractivity contribution >= 4 is 45.4 Å². The summed E-state index contributed by atoms with van der Waals surface area (Å²) in [5, 5.41) is 14.0. The van der Waals surface area contributed by atoms with Crippen molar-refractivity contribution in [1.29, 1.82) is 5.26 Å². The average molecular weight is 574 g/mol. The number of benzene rings is 3. The Bertz CT molecular complexity index is 1670. The molecule has 4 rings (SSSR count). The van der Waals surface area contributed by atoms with Gasteiger partial charge in [0.2, 0.25) is 5.91 Å². The molecule has 41 heavy (non-hydrogen) atoms. The molecule has 3 N–H and O–H groups in total. The second-order valence-corrected chi connectivity index (χ2v) is 9.76. The van der Waals surface area contributed by atoms with Gasteiger partial charge in [-0.15, -0.1) is 0 Å². The standard InChI is InChI=1S/C31H29ClFN5O3/c1-4-40-29-15-27-24(14-23(29)22(31(35)39)11-12-38(2)3)30(20(16-34)17-36-27)37-21-9-10-28(25(32)13-21)41-18-19-7-5-6-8-26(19)33/h5-11,13-15,17H,4,12,18H2,1-3H3,(H2,35,39)(H,36,37). The third kappa shape index (κ3) is 6.92. The van der Waals surface area contributed by atoms with Crippen molar-refractivity contribution in [1.82, 2.24) is 9.88 Å². The monoisotopic (exact) mass is 573 g/mol. The van der Waals surface area contributed by atoms with Crippen molar-refractivity contribution in [3.8, 4) is 17.6 Å². The van der Waals surface area contributed by atoms with Crippen LogP contribution in [-0.2, 0) is 11.4 Å². The highest BCUT2D eigenvalue weighted by Crippen LogP contribution is 2.37. The molecule has 0 aliphatic rings. The molecular formula is C31H29ClFN5O3. The maximum atomic E-state index is 14.0. The number of nitrogens with one attached hydrogen (secondary N) is 1. The summed E-state index contributed by atoms with van der Waals surface area (Å²) in [5.41, 5.74) is 8.82. The molecule has 0 bridgehead atoms. The first-order chi connectivity index (χ1) is 19.7. The first-order valence-corrected chi connectivity index (χ1v) is 13.2. The Kier molecular flexibility index (Phi) is 9.40. The Morgan fingerprint density at radius 1 is 1.17 bits per heavy atom. The van der Waals surface area contributed by atoms with E-state index in [1.165, 1.54) is 12.3 Å². The normalized spacial score (nSPS) is 11.4. The van der Waals surface area contributed by atoms with Crippen LogP contribution >= 0.6 is 11.6 Å². The van der Waals surface area contributed by atoms with Gasteiger partial charge in [0.25, 0.3) is 0 Å². The summed E-state index contributed by atoms with van der Waals surface area (Å²) in [4.78, 5) is 18.8. The Hall–Kier alpha value is -4.65. The van der Waals surface area contributed by atoms with Gasteiger partial charge in [0, 0.05) is 46.6 Å². The van der Waals surface area contributed by atoms with Crippen molar-refractivity contribution in [2.45, 2.75) is 13.5 Å². The number of carbonyl (C=O) groups is 1. The second kappa shape index (κ2) is 13.1. The molecule has 1 aromatic heterocycles. The SMILES string of the molecule is CCOc1cc2ncc(C#N)c(Nc3ccc(OCc4ccccc4F)c(Cl)c3)c2cc1C(=CCN(C)C)C(N)=O. The van der Waals surface area contributed by atoms with Gasteiger partial charge in [0.15, 0.2) is 0 Å². The third-order valence-electron chi connectivity index (χ3n) is 6.15. The molecule has 0 radical (unpaired) electrons. The molecule has 1 heterocycles. The molecule has 4 aromatic rings. The number of rotatable bonds is 11. The van der Waals surface area contributed by atoms with Gasteiger partial charge < -0.3 is 25.4 Å². The molecule has 0 aliphatic carbocycles. The zero-order valence-corrected chi connectivity index (χ0v) is 23.6. The molecule has 10 heteroatoms. The summed E-state index contributed by atoms with van der Waals surface area (Å²) in [7, 11) is 3.76. The van der Waals surface area contributed by atoms with Crippen molar-refractivity contribution in [2.75, 3.05) is 32.6 Å². The van der Waals surface area contributed by atoms with E-state index in [1.54, 1.807) is 54.6 Å². The van der Waals surface area contributed by atoms with Gasteiger partial charge in [-0.05, 0) is 51.4 Å². The van der Waals surface area contributed by atoms with E-state index in [4.69, 9.17) is 26.8 Å². The van der Waals surface area contributed by atoms with Crippen molar-refractivity contribution in [3.05, 3.63) is 94.4 Å². The molecule has 210 valence electrons. The van der Waals surface area contributed by atoms with Crippen LogP contribution in [0.5, 0.6) is 11.5 Å². The van der Waals surface area contributed by atoms with Crippen LogP contribution in [0.15, 0.2) is 66.9 Å². The number of nitriles is 1. The molecule has 0 saturated carbocycles. The summed E-state index contributed by atoms with van der Waals surface area (Å²) >= 11 is 6.50. The van der Waals surface area contributed by atoms with Crippen molar-refractivity contribution in [2.24, 2.45) is 5.73 Å². The Morgan fingerprint density at radius 3 is 2.61 bits per heavy atom. The predicted octanol–water partition coefficient (Wildman–Crippen LogP) is 6.05. The van der Waals surface area contributed by atoms with Crippen LogP contribution in [0, 0.1) is 17.1 Å². The Labute approximate surface area is 242 Å². The lowest BCUT2D eigenvalue weighted by molar-refractivity contribution is -0.112. The summed E-state index contributed by atoms with van der Waals surface area (Å²) in [6.45, 7) is 2.70. The number of halogens is 2. The number of anilines is 2. The van der Waals surface area contributed by atoms with Crippen molar-refractivity contribution in [3.63, 3.8) is 0 Å². The van der Waals surface area contributed by atoms with E-state index in [9.17, 15) is 14.4 Å². The van der Waals surface area contributed by atoms with Crippen LogP contribution in [0.3, 0.4) is 0 Å². The van der Waals surface area contributed by atoms with Crippen LogP contribution < -0.4 is 20.5 Å². The van der Waals surface area contributed by atoms with Gasteiger partial charge in [-0.2, -0.15) is 5.26 Å². The molecular weight excluding hydrogens is 545 g/mol. The molecule has 0 saturated heterocycles. The number of nitrogens with zero attached hydrogens (tertiary/aromatic N) is 3. The van der Waals surface area contributed by atoms with E-state index in [2.05, 4.69) is 16.4 Å². The molecule has 0 fully saturated rings. The first-order valence-electron chi connectivity index (χ1n) is 12.8. The minimum Gasteiger partial charge on any atom is -0.493 e. The van der Waals surface area contributed by atoms with Gasteiger partial charge in [-0.25, -0.2) is 4.39 Å². The largest absolute Gasteiger partial charge is 0.493 e. The zero-order valence-electron chi connectivity index (χ0n) is 22.9. The van der Waals surface area contributed by atoms with Crippen LogP contribution in [-0.4, -0.2) is 43.0 Å². The number of aromatic nitrogens is 1. The quantitative estimate of drug-likeness (QED) is 0.210. The van der Waals surface area contributed by atoms with E-state index in [1.807, 2.05) is 25.9 Å². The average Bonchev–Trinajstić information content (AvgIpc) is 2.94. The lowest BCUT2D eigenvalue weighted by Crippen LogP contribution is -2.17. The summed E-state index contributed by atoms with van der Waals surface area (Å²) in [6, 6.07) is 17.0. The number of nitrogens with two attached hydrogens (primary N) is 1. The fourth-order valence-corrected chi connectivity index (χ4v) is 4.39. The Morgan fingerprint density at radius 2 is 1.95 bits per heavy atom. The van der Waals surface area contributed by atoms with Gasteiger partial charge in [-0.3, -0.25) is 9.78 Å². The summed E-state index contributed by atoms with van der Waals surface area (Å²) in [6.07, 6.45) is 3.20. The van der Waals surface area contributed by atoms with E-state index < -0.39 is 5.91 Å². The number of primary amides is 1. The number of carbonyl (C=O) groups excluding carboxylic acids is 1. The van der Waals surface area contributed by atoms with Crippen molar-refractivity contribution < 1.29 is 18.7 Å². The van der Waals surface area contributed by atoms with Gasteiger partial charge in [-0.1, -0.05) is 35.9 Å². The number of hydrogen-bond acceptors (Lipinski definition) is 7. The summed E-state index contributed by atoms with van der Waals surface area (Å²) in [5.74, 6) is -0.144. The second-order valence-electron chi connectivity index (χ2n) is 9.35. The van der Waals surface area contributed by atoms with Crippen LogP contribution in [0.2, 0.25) is 5.02 Å². The van der Waals surface area contributed by atoms with E-state index >= 15 is 0 Å². The molecule has 0 unspecified atom stereocenters. The first kappa shape index (κ1) is 29.3. The number of pyridine rings is 1. The molecule has 0 atom stereocenters. The smallest absolute Gasteiger partial charge is 0.249 e. The van der Waals surface area contributed by atoms with Crippen LogP contribution in [0.4, 0.5) is 15.8 Å². The Balaban J connectivity index is 1.74. The number of amides is 1. The minimum atomic E-state index is -0.608. The fourth-order valence-electron chi connectivity index (χ4n) is 4.15. The maximum absolute atomic E-state index is 14.0. The predicted molar refractivity (Wildman–Crippen MR) is 159 cm³/mol. The highest BCUT2D eigenvalue weighted by atomic mass is 35.5. The highest BCUT2D eigenvalue weighted by Gasteiger charge is 2.19. The summed E-state index contributed by atoms with van der Waals surface area (Å²) < 4.78 is 25.6. The number of ether oxygens (including phenoxy) is 2. The molecule has 8 nitrogen and oxygen atoms in total. The topological polar surface area (TPSA) is 114 Å². The van der Waals surface area contributed by atoms with Gasteiger partial charge in [0.05, 0.1) is 28.4 Å². The molecule has 3 aromatic carbocycles. The lowest BCUT2D eigenvalue weighted by atomic mass is 9.99. The van der Waals surface area contributed by atoms with E-state index in [0.717, 1.165) is 0 Å². The van der Waals surface area contributed by atoms with E-state index in [0.29, 0.717) is 63.1 Å². The van der Waals surface area contributed by atoms with Crippen LogP contribution in [0.25, 0.3) is 16.5 Å². The maximum Gasteiger partial charge on any atom is 0.249 e. The van der Waals surface area contributed by atoms with E-state index in [-0.39, 0.29) is 23.6 Å². The van der Waals surface area contributed by atoms with Gasteiger partial charge in [0.1, 0.15) is 30.0 Å². The number of hydrogen-bond donors (Lipinski definition) is 2. The fraction of sp³-hybridized carbons (Fsp3) is 0.194. The van der Waals surface area contributed by atoms with Crippen LogP contribution in [0.1, 0.15) is 23.6 Å². The minimum absolute atomic E-state index is 0.0151.